The maximum Gasteiger partial charge on any atom is 0.0536 e. The maximum absolute atomic E-state index is 3.56. The van der Waals surface area contributed by atoms with Crippen LogP contribution >= 0.6 is 15.9 Å². The molecule has 86 valence electrons. The molecule has 2 heteroatoms. The Morgan fingerprint density at radius 3 is 2.81 bits per heavy atom. The Hall–Kier alpha value is -0.600. The van der Waals surface area contributed by atoms with Crippen LogP contribution < -0.4 is 5.32 Å². The van der Waals surface area contributed by atoms with Gasteiger partial charge in [-0.3, -0.25) is 0 Å². The molecule has 1 nitrogen and oxygen atoms in total. The van der Waals surface area contributed by atoms with Crippen LogP contribution in [0.1, 0.15) is 36.4 Å². The Kier molecular flexibility index (Phi) is 3.82. The van der Waals surface area contributed by atoms with Gasteiger partial charge in [0.25, 0.3) is 0 Å². The average molecular weight is 280 g/mol. The summed E-state index contributed by atoms with van der Waals surface area (Å²) in [5.41, 5.74) is 4.30. The average Bonchev–Trinajstić information content (AvgIpc) is 2.78. The number of aryl methyl sites for hydroxylation is 1. The third kappa shape index (κ3) is 2.38. The number of hydrogen-bond donors (Lipinski definition) is 1. The van der Waals surface area contributed by atoms with Crippen LogP contribution in [0, 0.1) is 6.92 Å². The summed E-state index contributed by atoms with van der Waals surface area (Å²) in [4.78, 5) is 0. The summed E-state index contributed by atoms with van der Waals surface area (Å²) in [6, 6.07) is 6.91. The molecule has 2 rings (SSSR count). The molecule has 0 heterocycles. The van der Waals surface area contributed by atoms with Crippen molar-refractivity contribution < 1.29 is 0 Å². The van der Waals surface area contributed by atoms with Crippen molar-refractivity contribution in [1.82, 2.24) is 5.32 Å². The minimum absolute atomic E-state index is 0.389. The lowest BCUT2D eigenvalue weighted by molar-refractivity contribution is 0.652. The molecular formula is C14H18BrN. The van der Waals surface area contributed by atoms with Crippen molar-refractivity contribution in [2.75, 3.05) is 7.05 Å². The second-order valence-electron chi connectivity index (χ2n) is 4.39. The van der Waals surface area contributed by atoms with Gasteiger partial charge in [-0.1, -0.05) is 33.6 Å². The van der Waals surface area contributed by atoms with Crippen LogP contribution in [0.5, 0.6) is 0 Å². The molecule has 1 N–H and O–H groups in total. The van der Waals surface area contributed by atoms with Crippen molar-refractivity contribution in [3.63, 3.8) is 0 Å². The minimum Gasteiger partial charge on any atom is -0.310 e. The van der Waals surface area contributed by atoms with Gasteiger partial charge in [-0.2, -0.15) is 0 Å². The van der Waals surface area contributed by atoms with Crippen molar-refractivity contribution >= 4 is 15.9 Å². The number of rotatable bonds is 3. The molecule has 0 aromatic heterocycles. The smallest absolute Gasteiger partial charge is 0.0536 e. The van der Waals surface area contributed by atoms with E-state index in [1.165, 1.54) is 30.4 Å². The Morgan fingerprint density at radius 1 is 1.38 bits per heavy atom. The molecule has 1 atom stereocenters. The molecule has 0 fully saturated rings. The van der Waals surface area contributed by atoms with E-state index in [0.717, 1.165) is 4.47 Å². The molecule has 0 aliphatic heterocycles. The lowest BCUT2D eigenvalue weighted by atomic mass is 9.95. The lowest BCUT2D eigenvalue weighted by Gasteiger charge is -2.20. The molecule has 0 saturated heterocycles. The van der Waals surface area contributed by atoms with E-state index in [-0.39, 0.29) is 0 Å². The Labute approximate surface area is 106 Å². The first-order chi connectivity index (χ1) is 7.72. The summed E-state index contributed by atoms with van der Waals surface area (Å²) < 4.78 is 1.16. The number of benzene rings is 1. The molecule has 1 aliphatic carbocycles. The molecule has 1 unspecified atom stereocenters. The van der Waals surface area contributed by atoms with Crippen molar-refractivity contribution in [1.29, 1.82) is 0 Å². The van der Waals surface area contributed by atoms with E-state index in [1.54, 1.807) is 5.57 Å². The summed E-state index contributed by atoms with van der Waals surface area (Å²) in [6.45, 7) is 2.18. The Bertz CT molecular complexity index is 409. The SMILES string of the molecule is CNC(C1=CCCC1)c1cc(Br)ccc1C. The van der Waals surface area contributed by atoms with Crippen molar-refractivity contribution in [2.45, 2.75) is 32.2 Å². The Morgan fingerprint density at radius 2 is 2.19 bits per heavy atom. The highest BCUT2D eigenvalue weighted by Crippen LogP contribution is 2.33. The van der Waals surface area contributed by atoms with Crippen LogP contribution in [0.15, 0.2) is 34.3 Å². The minimum atomic E-state index is 0.389. The summed E-state index contributed by atoms with van der Waals surface area (Å²) >= 11 is 3.56. The molecule has 0 radical (unpaired) electrons. The van der Waals surface area contributed by atoms with Crippen molar-refractivity contribution in [3.8, 4) is 0 Å². The van der Waals surface area contributed by atoms with E-state index in [1.807, 2.05) is 7.05 Å². The summed E-state index contributed by atoms with van der Waals surface area (Å²) in [5.74, 6) is 0. The van der Waals surface area contributed by atoms with Crippen LogP contribution in [0.2, 0.25) is 0 Å². The first-order valence-corrected chi connectivity index (χ1v) is 6.64. The molecule has 1 aliphatic rings. The highest BCUT2D eigenvalue weighted by Gasteiger charge is 2.18. The van der Waals surface area contributed by atoms with Gasteiger partial charge in [-0.15, -0.1) is 0 Å². The lowest BCUT2D eigenvalue weighted by Crippen LogP contribution is -2.19. The molecule has 0 spiro atoms. The fraction of sp³-hybridized carbons (Fsp3) is 0.429. The fourth-order valence-electron chi connectivity index (χ4n) is 2.42. The van der Waals surface area contributed by atoms with Gasteiger partial charge in [0.15, 0.2) is 0 Å². The van der Waals surface area contributed by atoms with Crippen LogP contribution in [-0.4, -0.2) is 7.05 Å². The Balaban J connectivity index is 2.35. The molecular weight excluding hydrogens is 262 g/mol. The van der Waals surface area contributed by atoms with Crippen molar-refractivity contribution in [2.24, 2.45) is 0 Å². The van der Waals surface area contributed by atoms with E-state index >= 15 is 0 Å². The molecule has 16 heavy (non-hydrogen) atoms. The zero-order valence-corrected chi connectivity index (χ0v) is 11.5. The first-order valence-electron chi connectivity index (χ1n) is 5.84. The third-order valence-electron chi connectivity index (χ3n) is 3.29. The van der Waals surface area contributed by atoms with Gasteiger partial charge in [0, 0.05) is 4.47 Å². The van der Waals surface area contributed by atoms with Crippen LogP contribution in [0.4, 0.5) is 0 Å². The van der Waals surface area contributed by atoms with E-state index in [4.69, 9.17) is 0 Å². The highest BCUT2D eigenvalue weighted by atomic mass is 79.9. The maximum atomic E-state index is 3.56. The third-order valence-corrected chi connectivity index (χ3v) is 3.78. The standard InChI is InChI=1S/C14H18BrN/c1-10-7-8-12(15)9-13(10)14(16-2)11-5-3-4-6-11/h5,7-9,14,16H,3-4,6H2,1-2H3. The summed E-state index contributed by atoms with van der Waals surface area (Å²) in [6.07, 6.45) is 6.17. The molecule has 1 aromatic carbocycles. The molecule has 0 amide bonds. The molecule has 1 aromatic rings. The quantitative estimate of drug-likeness (QED) is 0.821. The van der Waals surface area contributed by atoms with Gasteiger partial charge in [-0.05, 0) is 56.5 Å². The fourth-order valence-corrected chi connectivity index (χ4v) is 2.80. The van der Waals surface area contributed by atoms with Crippen LogP contribution in [-0.2, 0) is 0 Å². The largest absolute Gasteiger partial charge is 0.310 e. The van der Waals surface area contributed by atoms with Gasteiger partial charge in [-0.25, -0.2) is 0 Å². The topological polar surface area (TPSA) is 12.0 Å². The van der Waals surface area contributed by atoms with E-state index < -0.39 is 0 Å². The number of likely N-dealkylation sites (N-methyl/N-ethyl adjacent to an activating group) is 1. The first kappa shape index (κ1) is 11.9. The van der Waals surface area contributed by atoms with E-state index in [0.29, 0.717) is 6.04 Å². The van der Waals surface area contributed by atoms with Crippen molar-refractivity contribution in [3.05, 3.63) is 45.4 Å². The predicted octanol–water partition coefficient (Wildman–Crippen LogP) is 4.13. The predicted molar refractivity (Wildman–Crippen MR) is 72.6 cm³/mol. The highest BCUT2D eigenvalue weighted by molar-refractivity contribution is 9.10. The molecule has 0 bridgehead atoms. The summed E-state index contributed by atoms with van der Waals surface area (Å²) in [5, 5.41) is 3.44. The zero-order valence-electron chi connectivity index (χ0n) is 9.89. The summed E-state index contributed by atoms with van der Waals surface area (Å²) in [7, 11) is 2.05. The normalized spacial score (nSPS) is 17.3. The van der Waals surface area contributed by atoms with Gasteiger partial charge in [0.2, 0.25) is 0 Å². The zero-order chi connectivity index (χ0) is 11.5. The number of hydrogen-bond acceptors (Lipinski definition) is 1. The van der Waals surface area contributed by atoms with Gasteiger partial charge < -0.3 is 5.32 Å². The second kappa shape index (κ2) is 5.15. The van der Waals surface area contributed by atoms with E-state index in [2.05, 4.69) is 52.4 Å². The van der Waals surface area contributed by atoms with Gasteiger partial charge >= 0.3 is 0 Å². The number of nitrogens with one attached hydrogen (secondary N) is 1. The number of halogens is 1. The van der Waals surface area contributed by atoms with Crippen LogP contribution in [0.3, 0.4) is 0 Å². The second-order valence-corrected chi connectivity index (χ2v) is 5.31. The van der Waals surface area contributed by atoms with Gasteiger partial charge in [0.05, 0.1) is 6.04 Å². The van der Waals surface area contributed by atoms with Crippen LogP contribution in [0.25, 0.3) is 0 Å². The van der Waals surface area contributed by atoms with Gasteiger partial charge in [0.1, 0.15) is 0 Å². The monoisotopic (exact) mass is 279 g/mol. The number of allylic oxidation sites excluding steroid dienone is 1. The molecule has 0 saturated carbocycles. The van der Waals surface area contributed by atoms with E-state index in [9.17, 15) is 0 Å².